The summed E-state index contributed by atoms with van der Waals surface area (Å²) in [6, 6.07) is 5.52. The van der Waals surface area contributed by atoms with Gasteiger partial charge in [0.1, 0.15) is 0 Å². The topological polar surface area (TPSA) is 64.4 Å². The maximum atomic E-state index is 12.2. The quantitative estimate of drug-likeness (QED) is 0.875. The molecule has 4 nitrogen and oxygen atoms in total. The molecular formula is C15H22N2O2. The number of benzene rings is 1. The van der Waals surface area contributed by atoms with Gasteiger partial charge >= 0.3 is 0 Å². The third kappa shape index (κ3) is 3.55. The Kier molecular flexibility index (Phi) is 4.56. The van der Waals surface area contributed by atoms with Crippen molar-refractivity contribution in [2.75, 3.05) is 18.5 Å². The van der Waals surface area contributed by atoms with Crippen LogP contribution in [0.5, 0.6) is 0 Å². The normalized spacial score (nSPS) is 18.1. The van der Waals surface area contributed by atoms with E-state index in [1.54, 1.807) is 0 Å². The molecular weight excluding hydrogens is 240 g/mol. The van der Waals surface area contributed by atoms with E-state index in [1.165, 1.54) is 5.56 Å². The van der Waals surface area contributed by atoms with E-state index in [2.05, 4.69) is 11.4 Å². The van der Waals surface area contributed by atoms with Crippen molar-refractivity contribution >= 4 is 11.6 Å². The van der Waals surface area contributed by atoms with Gasteiger partial charge in [-0.15, -0.1) is 0 Å². The van der Waals surface area contributed by atoms with Gasteiger partial charge in [0.05, 0.1) is 6.04 Å². The van der Waals surface area contributed by atoms with E-state index in [4.69, 9.17) is 10.5 Å². The van der Waals surface area contributed by atoms with E-state index < -0.39 is 6.04 Å². The molecule has 4 heteroatoms. The number of hydrogen-bond donors (Lipinski definition) is 2. The number of carbonyl (C=O) groups excluding carboxylic acids is 1. The molecule has 104 valence electrons. The van der Waals surface area contributed by atoms with Crippen molar-refractivity contribution in [3.63, 3.8) is 0 Å². The lowest BCUT2D eigenvalue weighted by molar-refractivity contribution is -0.119. The molecule has 1 amide bonds. The van der Waals surface area contributed by atoms with Crippen molar-refractivity contribution in [1.82, 2.24) is 0 Å². The van der Waals surface area contributed by atoms with Gasteiger partial charge in [-0.05, 0) is 44.2 Å². The summed E-state index contributed by atoms with van der Waals surface area (Å²) in [5, 5.41) is 2.93. The predicted molar refractivity (Wildman–Crippen MR) is 76.1 cm³/mol. The standard InChI is InChI=1S/C15H22N2O2/c1-10-3-4-13(11(2)9-10)17-15(18)14(16)12-5-7-19-8-6-12/h3-4,9,12,14H,5-8,16H2,1-2H3,(H,17,18). The molecule has 1 heterocycles. The van der Waals surface area contributed by atoms with Gasteiger partial charge in [-0.2, -0.15) is 0 Å². The second kappa shape index (κ2) is 6.17. The minimum absolute atomic E-state index is 0.0983. The first-order valence-electron chi connectivity index (χ1n) is 6.79. The van der Waals surface area contributed by atoms with E-state index in [0.29, 0.717) is 13.2 Å². The fourth-order valence-corrected chi connectivity index (χ4v) is 2.46. The molecule has 0 aromatic heterocycles. The number of anilines is 1. The van der Waals surface area contributed by atoms with Crippen LogP contribution in [0.15, 0.2) is 18.2 Å². The number of aryl methyl sites for hydroxylation is 2. The van der Waals surface area contributed by atoms with Crippen LogP contribution >= 0.6 is 0 Å². The summed E-state index contributed by atoms with van der Waals surface area (Å²) in [6.07, 6.45) is 1.73. The number of carbonyl (C=O) groups is 1. The molecule has 0 saturated carbocycles. The lowest BCUT2D eigenvalue weighted by atomic mass is 9.92. The summed E-state index contributed by atoms with van der Waals surface area (Å²) in [5.74, 6) is 0.123. The maximum absolute atomic E-state index is 12.2. The highest BCUT2D eigenvalue weighted by atomic mass is 16.5. The Balaban J connectivity index is 1.99. The summed E-state index contributed by atoms with van der Waals surface area (Å²) in [7, 11) is 0. The fourth-order valence-electron chi connectivity index (χ4n) is 2.46. The van der Waals surface area contributed by atoms with Gasteiger partial charge in [-0.3, -0.25) is 4.79 Å². The van der Waals surface area contributed by atoms with Gasteiger partial charge in [0, 0.05) is 18.9 Å². The number of ether oxygens (including phenoxy) is 1. The molecule has 1 aromatic rings. The largest absolute Gasteiger partial charge is 0.381 e. The summed E-state index contributed by atoms with van der Waals surface area (Å²) < 4.78 is 5.29. The first kappa shape index (κ1) is 14.0. The average molecular weight is 262 g/mol. The second-order valence-corrected chi connectivity index (χ2v) is 5.28. The molecule has 3 N–H and O–H groups in total. The zero-order valence-corrected chi connectivity index (χ0v) is 11.6. The number of nitrogens with one attached hydrogen (secondary N) is 1. The molecule has 1 saturated heterocycles. The van der Waals surface area contributed by atoms with Crippen molar-refractivity contribution in [3.05, 3.63) is 29.3 Å². The van der Waals surface area contributed by atoms with E-state index in [0.717, 1.165) is 24.1 Å². The summed E-state index contributed by atoms with van der Waals surface area (Å²) in [4.78, 5) is 12.2. The Morgan fingerprint density at radius 1 is 1.37 bits per heavy atom. The minimum Gasteiger partial charge on any atom is -0.381 e. The van der Waals surface area contributed by atoms with Crippen LogP contribution in [0.1, 0.15) is 24.0 Å². The highest BCUT2D eigenvalue weighted by Crippen LogP contribution is 2.20. The summed E-state index contributed by atoms with van der Waals surface area (Å²) in [6.45, 7) is 5.43. The lowest BCUT2D eigenvalue weighted by Gasteiger charge is -2.27. The molecule has 1 atom stereocenters. The minimum atomic E-state index is -0.454. The van der Waals surface area contributed by atoms with Crippen molar-refractivity contribution in [2.45, 2.75) is 32.7 Å². The van der Waals surface area contributed by atoms with Crippen LogP contribution < -0.4 is 11.1 Å². The SMILES string of the molecule is Cc1ccc(NC(=O)C(N)C2CCOCC2)c(C)c1. The van der Waals surface area contributed by atoms with Gasteiger partial charge in [0.15, 0.2) is 0 Å². The molecule has 0 bridgehead atoms. The van der Waals surface area contributed by atoms with Crippen molar-refractivity contribution in [3.8, 4) is 0 Å². The smallest absolute Gasteiger partial charge is 0.241 e. The van der Waals surface area contributed by atoms with Gasteiger partial charge < -0.3 is 15.8 Å². The van der Waals surface area contributed by atoms with E-state index in [-0.39, 0.29) is 11.8 Å². The molecule has 0 aliphatic carbocycles. The molecule has 0 radical (unpaired) electrons. The number of rotatable bonds is 3. The Bertz CT molecular complexity index is 453. The fraction of sp³-hybridized carbons (Fsp3) is 0.533. The van der Waals surface area contributed by atoms with Crippen LogP contribution in [0.3, 0.4) is 0 Å². The van der Waals surface area contributed by atoms with E-state index in [1.807, 2.05) is 26.0 Å². The highest BCUT2D eigenvalue weighted by molar-refractivity contribution is 5.95. The highest BCUT2D eigenvalue weighted by Gasteiger charge is 2.26. The number of amides is 1. The van der Waals surface area contributed by atoms with Crippen LogP contribution in [0, 0.1) is 19.8 Å². The van der Waals surface area contributed by atoms with Crippen LogP contribution in [0.4, 0.5) is 5.69 Å². The van der Waals surface area contributed by atoms with E-state index in [9.17, 15) is 4.79 Å². The van der Waals surface area contributed by atoms with Gasteiger partial charge in [0.2, 0.25) is 5.91 Å². The second-order valence-electron chi connectivity index (χ2n) is 5.28. The molecule has 1 unspecified atom stereocenters. The summed E-state index contributed by atoms with van der Waals surface area (Å²) >= 11 is 0. The Morgan fingerprint density at radius 3 is 2.68 bits per heavy atom. The third-order valence-electron chi connectivity index (χ3n) is 3.72. The number of nitrogens with two attached hydrogens (primary N) is 1. The van der Waals surface area contributed by atoms with Gasteiger partial charge in [-0.1, -0.05) is 17.7 Å². The Morgan fingerprint density at radius 2 is 2.05 bits per heavy atom. The zero-order chi connectivity index (χ0) is 13.8. The van der Waals surface area contributed by atoms with Crippen LogP contribution in [-0.4, -0.2) is 25.2 Å². The number of hydrogen-bond acceptors (Lipinski definition) is 3. The molecule has 0 spiro atoms. The summed E-state index contributed by atoms with van der Waals surface area (Å²) in [5.41, 5.74) is 9.14. The monoisotopic (exact) mass is 262 g/mol. The van der Waals surface area contributed by atoms with Crippen molar-refractivity contribution in [2.24, 2.45) is 11.7 Å². The maximum Gasteiger partial charge on any atom is 0.241 e. The lowest BCUT2D eigenvalue weighted by Crippen LogP contribution is -2.44. The first-order chi connectivity index (χ1) is 9.08. The molecule has 19 heavy (non-hydrogen) atoms. The van der Waals surface area contributed by atoms with Crippen molar-refractivity contribution in [1.29, 1.82) is 0 Å². The molecule has 1 aromatic carbocycles. The van der Waals surface area contributed by atoms with Gasteiger partial charge in [0.25, 0.3) is 0 Å². The predicted octanol–water partition coefficient (Wildman–Crippen LogP) is 2.00. The van der Waals surface area contributed by atoms with E-state index >= 15 is 0 Å². The Hall–Kier alpha value is -1.39. The third-order valence-corrected chi connectivity index (χ3v) is 3.72. The Labute approximate surface area is 114 Å². The first-order valence-corrected chi connectivity index (χ1v) is 6.79. The van der Waals surface area contributed by atoms with Crippen molar-refractivity contribution < 1.29 is 9.53 Å². The molecule has 1 aliphatic rings. The van der Waals surface area contributed by atoms with Crippen LogP contribution in [0.25, 0.3) is 0 Å². The molecule has 2 rings (SSSR count). The van der Waals surface area contributed by atoms with Gasteiger partial charge in [-0.25, -0.2) is 0 Å². The van der Waals surface area contributed by atoms with Crippen LogP contribution in [0.2, 0.25) is 0 Å². The van der Waals surface area contributed by atoms with Crippen LogP contribution in [-0.2, 0) is 9.53 Å². The average Bonchev–Trinajstić information content (AvgIpc) is 2.42. The zero-order valence-electron chi connectivity index (χ0n) is 11.6. The molecule has 1 fully saturated rings. The molecule has 1 aliphatic heterocycles.